The predicted octanol–water partition coefficient (Wildman–Crippen LogP) is 3.16. The van der Waals surface area contributed by atoms with Crippen molar-refractivity contribution in [3.63, 3.8) is 0 Å². The molecule has 2 heterocycles. The highest BCUT2D eigenvalue weighted by Gasteiger charge is 2.45. The lowest BCUT2D eigenvalue weighted by Gasteiger charge is -2.36. The van der Waals surface area contributed by atoms with Gasteiger partial charge in [-0.25, -0.2) is 9.37 Å². The summed E-state index contributed by atoms with van der Waals surface area (Å²) in [7, 11) is 3.07. The van der Waals surface area contributed by atoms with E-state index in [0.29, 0.717) is 35.8 Å². The van der Waals surface area contributed by atoms with Crippen molar-refractivity contribution >= 4 is 34.9 Å². The molecule has 1 saturated carbocycles. The maximum Gasteiger partial charge on any atom is 0.258 e. The number of nitrogens with zero attached hydrogens (tertiary/aromatic N) is 2. The van der Waals surface area contributed by atoms with Crippen molar-refractivity contribution < 1.29 is 14.0 Å². The van der Waals surface area contributed by atoms with Crippen molar-refractivity contribution in [1.82, 2.24) is 9.88 Å². The van der Waals surface area contributed by atoms with Gasteiger partial charge in [0.25, 0.3) is 5.91 Å². The molecule has 164 valence electrons. The second-order valence-electron chi connectivity index (χ2n) is 8.61. The van der Waals surface area contributed by atoms with Gasteiger partial charge in [-0.3, -0.25) is 9.59 Å². The minimum atomic E-state index is -0.722. The molecular formula is C22H25ClFN5O2. The summed E-state index contributed by atoms with van der Waals surface area (Å²) in [6.07, 6.45) is 4.34. The first-order valence-electron chi connectivity index (χ1n) is 10.2. The normalized spacial score (nSPS) is 22.1. The number of benzene rings is 1. The summed E-state index contributed by atoms with van der Waals surface area (Å²) >= 11 is 6.85. The monoisotopic (exact) mass is 445 g/mol. The van der Waals surface area contributed by atoms with Crippen LogP contribution in [0.4, 0.5) is 15.9 Å². The standard InChI is InChI=1S/C22H25ClFN5O2/c1-29(2)21(31)15-14(25)4-3-12(18(15)24)13-9-27-20-16(17(13)23)22(10-28-20)7-5-11(6-8-22)19(26)30/h3-4,9,11H,5-8,10,25H2,1-2H3,(H2,26,30)(H,27,28)/t11-,22-. The lowest BCUT2D eigenvalue weighted by molar-refractivity contribution is -0.123. The van der Waals surface area contributed by atoms with Gasteiger partial charge in [-0.15, -0.1) is 0 Å². The predicted molar refractivity (Wildman–Crippen MR) is 118 cm³/mol. The maximum absolute atomic E-state index is 15.5. The molecule has 2 amide bonds. The lowest BCUT2D eigenvalue weighted by atomic mass is 9.67. The van der Waals surface area contributed by atoms with E-state index in [0.717, 1.165) is 18.4 Å². The second kappa shape index (κ2) is 7.67. The number of pyridine rings is 1. The van der Waals surface area contributed by atoms with Crippen LogP contribution in [0.25, 0.3) is 11.1 Å². The molecule has 0 atom stereocenters. The summed E-state index contributed by atoms with van der Waals surface area (Å²) in [5, 5.41) is 3.71. The summed E-state index contributed by atoms with van der Waals surface area (Å²) in [6, 6.07) is 3.02. The Morgan fingerprint density at radius 3 is 2.55 bits per heavy atom. The van der Waals surface area contributed by atoms with Gasteiger partial charge in [-0.2, -0.15) is 0 Å². The van der Waals surface area contributed by atoms with E-state index in [1.165, 1.54) is 37.3 Å². The molecule has 1 aromatic carbocycles. The molecule has 1 fully saturated rings. The largest absolute Gasteiger partial charge is 0.398 e. The van der Waals surface area contributed by atoms with E-state index in [-0.39, 0.29) is 34.1 Å². The number of nitrogen functional groups attached to an aromatic ring is 1. The van der Waals surface area contributed by atoms with Gasteiger partial charge in [0.1, 0.15) is 11.6 Å². The summed E-state index contributed by atoms with van der Waals surface area (Å²) < 4.78 is 15.5. The van der Waals surface area contributed by atoms with E-state index in [9.17, 15) is 9.59 Å². The van der Waals surface area contributed by atoms with E-state index in [1.807, 2.05) is 0 Å². The molecule has 0 saturated heterocycles. The molecule has 1 aromatic heterocycles. The number of hydrogen-bond donors (Lipinski definition) is 3. The van der Waals surface area contributed by atoms with Crippen LogP contribution in [0, 0.1) is 11.7 Å². The average molecular weight is 446 g/mol. The van der Waals surface area contributed by atoms with Crippen LogP contribution in [0.5, 0.6) is 0 Å². The van der Waals surface area contributed by atoms with Crippen LogP contribution in [-0.4, -0.2) is 42.3 Å². The fourth-order valence-electron chi connectivity index (χ4n) is 4.76. The van der Waals surface area contributed by atoms with Crippen LogP contribution in [0.3, 0.4) is 0 Å². The van der Waals surface area contributed by atoms with Crippen LogP contribution in [-0.2, 0) is 10.2 Å². The fourth-order valence-corrected chi connectivity index (χ4v) is 5.20. The SMILES string of the molecule is CN(C)C(=O)c1c(N)ccc(-c2cnc3c(c2Cl)[C@]2(CC[C@H](C(N)=O)CC2)CN3)c1F. The zero-order valence-electron chi connectivity index (χ0n) is 17.5. The average Bonchev–Trinajstić information content (AvgIpc) is 3.08. The first-order valence-corrected chi connectivity index (χ1v) is 10.6. The molecular weight excluding hydrogens is 421 g/mol. The third-order valence-corrected chi connectivity index (χ3v) is 6.96. The number of fused-ring (bicyclic) bond motifs is 2. The molecule has 1 aliphatic carbocycles. The van der Waals surface area contributed by atoms with Crippen LogP contribution in [0.15, 0.2) is 18.3 Å². The van der Waals surface area contributed by atoms with E-state index in [4.69, 9.17) is 23.1 Å². The Balaban J connectivity index is 1.80. The molecule has 7 nitrogen and oxygen atoms in total. The number of nitrogens with two attached hydrogens (primary N) is 2. The zero-order chi connectivity index (χ0) is 22.5. The number of amides is 2. The molecule has 0 radical (unpaired) electrons. The molecule has 5 N–H and O–H groups in total. The van der Waals surface area contributed by atoms with E-state index in [2.05, 4.69) is 10.3 Å². The molecule has 2 aliphatic rings. The summed E-state index contributed by atoms with van der Waals surface area (Å²) in [4.78, 5) is 29.8. The third-order valence-electron chi connectivity index (χ3n) is 6.57. The molecule has 0 unspecified atom stereocenters. The minimum Gasteiger partial charge on any atom is -0.398 e. The summed E-state index contributed by atoms with van der Waals surface area (Å²) in [5.74, 6) is -0.990. The molecule has 9 heteroatoms. The van der Waals surface area contributed by atoms with Crippen LogP contribution >= 0.6 is 11.6 Å². The first kappa shape index (κ1) is 21.4. The number of carbonyl (C=O) groups excluding carboxylic acids is 2. The quantitative estimate of drug-likeness (QED) is 0.628. The van der Waals surface area contributed by atoms with E-state index in [1.54, 1.807) is 0 Å². The number of anilines is 2. The lowest BCUT2D eigenvalue weighted by Crippen LogP contribution is -2.37. The highest BCUT2D eigenvalue weighted by molar-refractivity contribution is 6.34. The van der Waals surface area contributed by atoms with Gasteiger partial charge in [-0.1, -0.05) is 11.6 Å². The Bertz CT molecular complexity index is 1080. The van der Waals surface area contributed by atoms with Gasteiger partial charge in [0.2, 0.25) is 5.91 Å². The Morgan fingerprint density at radius 2 is 1.94 bits per heavy atom. The van der Waals surface area contributed by atoms with Gasteiger partial charge < -0.3 is 21.7 Å². The first-order chi connectivity index (χ1) is 14.7. The van der Waals surface area contributed by atoms with Crippen molar-refractivity contribution in [2.45, 2.75) is 31.1 Å². The molecule has 1 aliphatic heterocycles. The highest BCUT2D eigenvalue weighted by atomic mass is 35.5. The summed E-state index contributed by atoms with van der Waals surface area (Å²) in [5.41, 5.74) is 12.4. The van der Waals surface area contributed by atoms with Crippen molar-refractivity contribution in [3.05, 3.63) is 40.3 Å². The van der Waals surface area contributed by atoms with Crippen LogP contribution in [0.2, 0.25) is 5.02 Å². The van der Waals surface area contributed by atoms with Gasteiger partial charge in [0.15, 0.2) is 0 Å². The van der Waals surface area contributed by atoms with Gasteiger partial charge in [-0.05, 0) is 37.8 Å². The molecule has 0 bridgehead atoms. The van der Waals surface area contributed by atoms with E-state index < -0.39 is 11.7 Å². The van der Waals surface area contributed by atoms with Crippen molar-refractivity contribution in [3.8, 4) is 11.1 Å². The third kappa shape index (κ3) is 3.39. The smallest absolute Gasteiger partial charge is 0.258 e. The van der Waals surface area contributed by atoms with E-state index >= 15 is 4.39 Å². The topological polar surface area (TPSA) is 114 Å². The molecule has 2 aromatic rings. The van der Waals surface area contributed by atoms with Crippen molar-refractivity contribution in [1.29, 1.82) is 0 Å². The fraction of sp³-hybridized carbons (Fsp3) is 0.409. The maximum atomic E-state index is 15.5. The van der Waals surface area contributed by atoms with Gasteiger partial charge in [0, 0.05) is 60.5 Å². The highest BCUT2D eigenvalue weighted by Crippen LogP contribution is 2.52. The van der Waals surface area contributed by atoms with Crippen LogP contribution < -0.4 is 16.8 Å². The van der Waals surface area contributed by atoms with Crippen LogP contribution in [0.1, 0.15) is 41.6 Å². The number of carbonyl (C=O) groups is 2. The Labute approximate surface area is 184 Å². The van der Waals surface area contributed by atoms with Crippen molar-refractivity contribution in [2.75, 3.05) is 31.7 Å². The Hall–Kier alpha value is -2.87. The molecule has 4 rings (SSSR count). The zero-order valence-corrected chi connectivity index (χ0v) is 18.2. The number of aromatic nitrogens is 1. The Morgan fingerprint density at radius 1 is 1.26 bits per heavy atom. The van der Waals surface area contributed by atoms with Gasteiger partial charge in [0.05, 0.1) is 10.6 Å². The van der Waals surface area contributed by atoms with Crippen molar-refractivity contribution in [2.24, 2.45) is 11.7 Å². The minimum absolute atomic E-state index is 0.0631. The number of primary amides is 1. The molecule has 1 spiro atoms. The number of halogens is 2. The number of nitrogens with one attached hydrogen (secondary N) is 1. The second-order valence-corrected chi connectivity index (χ2v) is 8.99. The molecule has 31 heavy (non-hydrogen) atoms. The Kier molecular flexibility index (Phi) is 5.29. The number of rotatable bonds is 3. The summed E-state index contributed by atoms with van der Waals surface area (Å²) in [6.45, 7) is 0.651. The van der Waals surface area contributed by atoms with Gasteiger partial charge >= 0.3 is 0 Å². The number of hydrogen-bond acceptors (Lipinski definition) is 5.